The maximum absolute atomic E-state index is 12.4. The number of carbonyl (C=O) groups excluding carboxylic acids is 1. The number of halogens is 1. The average molecular weight is 528 g/mol. The van der Waals surface area contributed by atoms with Gasteiger partial charge in [-0.15, -0.1) is 6.58 Å². The van der Waals surface area contributed by atoms with Gasteiger partial charge in [-0.05, 0) is 70.6 Å². The van der Waals surface area contributed by atoms with Crippen molar-refractivity contribution in [2.24, 2.45) is 0 Å². The van der Waals surface area contributed by atoms with Crippen molar-refractivity contribution in [2.45, 2.75) is 4.90 Å². The first-order chi connectivity index (χ1) is 14.8. The number of carbonyl (C=O) groups is 1. The molecule has 0 aromatic heterocycles. The number of methoxy groups -OCH3 is 1. The molecule has 0 radical (unpaired) electrons. The van der Waals surface area contributed by atoms with Gasteiger partial charge in [-0.25, -0.2) is 13.1 Å². The number of rotatable bonds is 10. The van der Waals surface area contributed by atoms with Gasteiger partial charge >= 0.3 is 0 Å². The zero-order valence-corrected chi connectivity index (χ0v) is 19.9. The number of thiocarbonyl (C=S) groups is 1. The van der Waals surface area contributed by atoms with Crippen LogP contribution in [-0.2, 0) is 14.8 Å². The van der Waals surface area contributed by atoms with Crippen LogP contribution in [0.25, 0.3) is 0 Å². The van der Waals surface area contributed by atoms with Gasteiger partial charge < -0.3 is 14.8 Å². The van der Waals surface area contributed by atoms with E-state index < -0.39 is 15.9 Å². The molecule has 0 saturated heterocycles. The second-order valence-electron chi connectivity index (χ2n) is 6.06. The molecule has 3 N–H and O–H groups in total. The van der Waals surface area contributed by atoms with E-state index in [0.717, 1.165) is 0 Å². The Balaban J connectivity index is 1.95. The highest BCUT2D eigenvalue weighted by Crippen LogP contribution is 2.26. The molecule has 0 fully saturated rings. The Labute approximate surface area is 195 Å². The van der Waals surface area contributed by atoms with Gasteiger partial charge in [-0.2, -0.15) is 0 Å². The molecule has 0 aliphatic carbocycles. The van der Waals surface area contributed by atoms with E-state index in [0.29, 0.717) is 34.7 Å². The summed E-state index contributed by atoms with van der Waals surface area (Å²) in [6.07, 6.45) is 1.45. The summed E-state index contributed by atoms with van der Waals surface area (Å²) in [6.45, 7) is 4.45. The molecule has 0 saturated carbocycles. The number of hydrogen-bond acceptors (Lipinski definition) is 6. The van der Waals surface area contributed by atoms with Gasteiger partial charge in [-0.3, -0.25) is 10.1 Å². The van der Waals surface area contributed by atoms with Crippen molar-refractivity contribution < 1.29 is 22.7 Å². The Hall–Kier alpha value is -2.31. The third-order valence-electron chi connectivity index (χ3n) is 3.81. The highest BCUT2D eigenvalue weighted by Gasteiger charge is 2.14. The first-order valence-electron chi connectivity index (χ1n) is 9.01. The second kappa shape index (κ2) is 11.9. The number of anilines is 1. The van der Waals surface area contributed by atoms with Crippen molar-refractivity contribution in [2.75, 3.05) is 32.2 Å². The topological polar surface area (TPSA) is 106 Å². The van der Waals surface area contributed by atoms with E-state index in [-0.39, 0.29) is 16.6 Å². The minimum absolute atomic E-state index is 0.0712. The number of amides is 1. The Morgan fingerprint density at radius 2 is 1.90 bits per heavy atom. The standard InChI is InChI=1S/C20H22BrN3O5S2/c1-3-10-22-31(26,27)16-7-5-15(6-8-16)23-20(30)24-19(25)14-4-9-18(17(21)13-14)29-12-11-28-2/h3-9,13,22H,1,10-12H2,2H3,(H2,23,24,25,30). The smallest absolute Gasteiger partial charge is 0.257 e. The normalized spacial score (nSPS) is 10.9. The Morgan fingerprint density at radius 3 is 2.52 bits per heavy atom. The second-order valence-corrected chi connectivity index (χ2v) is 9.09. The van der Waals surface area contributed by atoms with Crippen molar-refractivity contribution >= 4 is 54.9 Å². The highest BCUT2D eigenvalue weighted by atomic mass is 79.9. The number of sulfonamides is 1. The Morgan fingerprint density at radius 1 is 1.19 bits per heavy atom. The first-order valence-corrected chi connectivity index (χ1v) is 11.7. The maximum atomic E-state index is 12.4. The first kappa shape index (κ1) is 25.0. The van der Waals surface area contributed by atoms with Crippen LogP contribution in [0.2, 0.25) is 0 Å². The molecule has 0 bridgehead atoms. The molecule has 166 valence electrons. The van der Waals surface area contributed by atoms with Crippen molar-refractivity contribution in [1.82, 2.24) is 10.0 Å². The Kier molecular flexibility index (Phi) is 9.59. The van der Waals surface area contributed by atoms with E-state index in [9.17, 15) is 13.2 Å². The van der Waals surface area contributed by atoms with Gasteiger partial charge in [0.1, 0.15) is 12.4 Å². The molecule has 1 amide bonds. The van der Waals surface area contributed by atoms with Crippen LogP contribution in [0.15, 0.2) is 64.5 Å². The monoisotopic (exact) mass is 527 g/mol. The lowest BCUT2D eigenvalue weighted by Crippen LogP contribution is -2.34. The summed E-state index contributed by atoms with van der Waals surface area (Å²) < 4.78 is 37.6. The predicted molar refractivity (Wildman–Crippen MR) is 127 cm³/mol. The molecule has 2 aromatic rings. The average Bonchev–Trinajstić information content (AvgIpc) is 2.73. The van der Waals surface area contributed by atoms with E-state index in [1.807, 2.05) is 0 Å². The van der Waals surface area contributed by atoms with Crippen molar-refractivity contribution in [3.8, 4) is 5.75 Å². The predicted octanol–water partition coefficient (Wildman–Crippen LogP) is 3.07. The van der Waals surface area contributed by atoms with Gasteiger partial charge in [-0.1, -0.05) is 6.08 Å². The van der Waals surface area contributed by atoms with Gasteiger partial charge in [0.05, 0.1) is 16.0 Å². The zero-order valence-electron chi connectivity index (χ0n) is 16.7. The van der Waals surface area contributed by atoms with E-state index in [4.69, 9.17) is 21.7 Å². The van der Waals surface area contributed by atoms with Crippen LogP contribution in [0.4, 0.5) is 5.69 Å². The van der Waals surface area contributed by atoms with Crippen LogP contribution in [0.1, 0.15) is 10.4 Å². The van der Waals surface area contributed by atoms with E-state index >= 15 is 0 Å². The van der Waals surface area contributed by atoms with Crippen molar-refractivity contribution in [3.63, 3.8) is 0 Å². The van der Waals surface area contributed by atoms with Gasteiger partial charge in [0.25, 0.3) is 5.91 Å². The number of benzene rings is 2. The Bertz CT molecular complexity index is 1040. The van der Waals surface area contributed by atoms with Crippen LogP contribution in [0.5, 0.6) is 5.75 Å². The lowest BCUT2D eigenvalue weighted by molar-refractivity contribution is 0.0977. The quantitative estimate of drug-likeness (QED) is 0.247. The lowest BCUT2D eigenvalue weighted by Gasteiger charge is -2.12. The third kappa shape index (κ3) is 7.71. The number of ether oxygens (including phenoxy) is 2. The molecule has 0 aliphatic rings. The summed E-state index contributed by atoms with van der Waals surface area (Å²) in [4.78, 5) is 12.5. The molecule has 0 heterocycles. The van der Waals surface area contributed by atoms with E-state index in [1.165, 1.54) is 18.2 Å². The molecule has 31 heavy (non-hydrogen) atoms. The minimum atomic E-state index is -3.61. The SMILES string of the molecule is C=CCNS(=O)(=O)c1ccc(NC(=S)NC(=O)c2ccc(OCCOC)c(Br)c2)cc1. The van der Waals surface area contributed by atoms with Crippen LogP contribution in [0.3, 0.4) is 0 Å². The van der Waals surface area contributed by atoms with Gasteiger partial charge in [0, 0.05) is 24.9 Å². The van der Waals surface area contributed by atoms with Crippen LogP contribution < -0.4 is 20.1 Å². The fraction of sp³-hybridized carbons (Fsp3) is 0.200. The fourth-order valence-electron chi connectivity index (χ4n) is 2.30. The molecule has 0 spiro atoms. The molecule has 0 aliphatic heterocycles. The molecule has 8 nitrogen and oxygen atoms in total. The van der Waals surface area contributed by atoms with Crippen molar-refractivity contribution in [3.05, 3.63) is 65.2 Å². The van der Waals surface area contributed by atoms with Gasteiger partial charge in [0.15, 0.2) is 5.11 Å². The minimum Gasteiger partial charge on any atom is -0.490 e. The number of nitrogens with one attached hydrogen (secondary N) is 3. The summed E-state index contributed by atoms with van der Waals surface area (Å²) in [5.41, 5.74) is 0.904. The highest BCUT2D eigenvalue weighted by molar-refractivity contribution is 9.10. The van der Waals surface area contributed by atoms with E-state index in [1.54, 1.807) is 37.4 Å². The van der Waals surface area contributed by atoms with Crippen LogP contribution in [-0.4, -0.2) is 46.3 Å². The zero-order chi connectivity index (χ0) is 22.9. The molecule has 2 aromatic carbocycles. The number of hydrogen-bond donors (Lipinski definition) is 3. The molecule has 0 unspecified atom stereocenters. The lowest BCUT2D eigenvalue weighted by atomic mass is 10.2. The summed E-state index contributed by atoms with van der Waals surface area (Å²) in [5, 5.41) is 5.49. The largest absolute Gasteiger partial charge is 0.490 e. The molecular weight excluding hydrogens is 506 g/mol. The van der Waals surface area contributed by atoms with Gasteiger partial charge in [0.2, 0.25) is 10.0 Å². The fourth-order valence-corrected chi connectivity index (χ4v) is 4.00. The summed E-state index contributed by atoms with van der Waals surface area (Å²) in [5.74, 6) is 0.182. The molecule has 11 heteroatoms. The molecule has 0 atom stereocenters. The summed E-state index contributed by atoms with van der Waals surface area (Å²) in [7, 11) is -2.03. The summed E-state index contributed by atoms with van der Waals surface area (Å²) in [6, 6.07) is 10.9. The third-order valence-corrected chi connectivity index (χ3v) is 6.07. The van der Waals surface area contributed by atoms with E-state index in [2.05, 4.69) is 37.9 Å². The maximum Gasteiger partial charge on any atom is 0.257 e. The van der Waals surface area contributed by atoms with Crippen LogP contribution in [0, 0.1) is 0 Å². The van der Waals surface area contributed by atoms with Crippen LogP contribution >= 0.6 is 28.1 Å². The molecular formula is C20H22BrN3O5S2. The molecule has 2 rings (SSSR count). The van der Waals surface area contributed by atoms with Crippen molar-refractivity contribution in [1.29, 1.82) is 0 Å². The summed E-state index contributed by atoms with van der Waals surface area (Å²) >= 11 is 8.54.